The number of rotatable bonds is 1. The van der Waals surface area contributed by atoms with Crippen LogP contribution in [0.4, 0.5) is 0 Å². The monoisotopic (exact) mass is 427 g/mol. The van der Waals surface area contributed by atoms with E-state index < -0.39 is 24.8 Å². The zero-order chi connectivity index (χ0) is 17.9. The van der Waals surface area contributed by atoms with Crippen LogP contribution in [0, 0.1) is 10.8 Å². The van der Waals surface area contributed by atoms with Crippen LogP contribution in [-0.2, 0) is 17.4 Å². The van der Waals surface area contributed by atoms with E-state index in [9.17, 15) is 7.38 Å². The van der Waals surface area contributed by atoms with Crippen molar-refractivity contribution in [3.63, 3.8) is 0 Å². The molecule has 1 fully saturated rings. The van der Waals surface area contributed by atoms with Crippen molar-refractivity contribution in [2.45, 2.75) is 81.6 Å². The van der Waals surface area contributed by atoms with Gasteiger partial charge in [0.1, 0.15) is 0 Å². The van der Waals surface area contributed by atoms with Crippen molar-refractivity contribution in [1.82, 2.24) is 4.98 Å². The molecule has 6 heteroatoms. The quantitative estimate of drug-likeness (QED) is 0.520. The summed E-state index contributed by atoms with van der Waals surface area (Å²) in [4.78, 5) is 3.37. The molecule has 1 aliphatic rings. The zero-order valence-corrected chi connectivity index (χ0v) is 19.9. The smallest absolute Gasteiger partial charge is 1.00 e. The fourth-order valence-corrected chi connectivity index (χ4v) is 11.3. The SMILES string of the molecule is CC(C)(C)[C]1(C)CC(c2ccc[nH]2)C[C](C)(C(C)(C)C)[Ti+2]1([OH])[OH].[Cl-].[Cl-]. The van der Waals surface area contributed by atoms with Crippen molar-refractivity contribution in [1.29, 1.82) is 0 Å². The van der Waals surface area contributed by atoms with Crippen LogP contribution in [0.2, 0.25) is 7.44 Å². The minimum absolute atomic E-state index is 0. The summed E-state index contributed by atoms with van der Waals surface area (Å²) in [6, 6.07) is 4.19. The maximum atomic E-state index is 11.6. The first-order valence-electron chi connectivity index (χ1n) is 8.75. The number of aromatic amines is 1. The summed E-state index contributed by atoms with van der Waals surface area (Å²) in [6.07, 6.45) is 3.66. The van der Waals surface area contributed by atoms with Gasteiger partial charge in [-0.05, 0) is 0 Å². The number of aromatic nitrogens is 1. The van der Waals surface area contributed by atoms with Crippen molar-refractivity contribution in [3.05, 3.63) is 24.0 Å². The molecule has 0 saturated carbocycles. The van der Waals surface area contributed by atoms with Gasteiger partial charge in [0.25, 0.3) is 0 Å². The Balaban J connectivity index is 0.00000288. The molecular formula is C19H35Cl2NO2Ti. The van der Waals surface area contributed by atoms with Crippen LogP contribution in [0.3, 0.4) is 0 Å². The molecule has 0 bridgehead atoms. The predicted octanol–water partition coefficient (Wildman–Crippen LogP) is -0.682. The molecule has 2 unspecified atom stereocenters. The minimum Gasteiger partial charge on any atom is -1.00 e. The van der Waals surface area contributed by atoms with Crippen molar-refractivity contribution in [2.24, 2.45) is 10.8 Å². The number of hydrogen-bond acceptors (Lipinski definition) is 2. The predicted molar refractivity (Wildman–Crippen MR) is 92.8 cm³/mol. The van der Waals surface area contributed by atoms with Crippen molar-refractivity contribution < 1.29 is 49.6 Å². The minimum atomic E-state index is -4.17. The molecule has 1 saturated heterocycles. The second-order valence-electron chi connectivity index (χ2n) is 10.1. The Labute approximate surface area is 170 Å². The summed E-state index contributed by atoms with van der Waals surface area (Å²) in [7, 11) is 0. The average molecular weight is 428 g/mol. The summed E-state index contributed by atoms with van der Waals surface area (Å²) >= 11 is -4.17. The molecule has 2 atom stereocenters. The topological polar surface area (TPSA) is 56.2 Å². The molecule has 2 heterocycles. The summed E-state index contributed by atoms with van der Waals surface area (Å²) in [6.45, 7) is 17.3. The summed E-state index contributed by atoms with van der Waals surface area (Å²) < 4.78 is 22.4. The van der Waals surface area contributed by atoms with Crippen LogP contribution in [0.25, 0.3) is 0 Å². The number of H-pyrrole nitrogens is 1. The normalized spacial score (nSPS) is 31.2. The van der Waals surface area contributed by atoms with Crippen LogP contribution in [-0.4, -0.2) is 12.4 Å². The molecule has 3 N–H and O–H groups in total. The summed E-state index contributed by atoms with van der Waals surface area (Å²) in [5.41, 5.74) is 0.941. The van der Waals surface area contributed by atoms with Crippen LogP contribution in [0.1, 0.15) is 79.8 Å². The van der Waals surface area contributed by atoms with E-state index in [0.717, 1.165) is 12.8 Å². The van der Waals surface area contributed by atoms with Gasteiger partial charge in [0.05, 0.1) is 0 Å². The largest absolute Gasteiger partial charge is 1.00 e. The third-order valence-corrected chi connectivity index (χ3v) is 15.0. The third-order valence-electron chi connectivity index (χ3n) is 7.22. The first kappa shape index (κ1) is 25.5. The van der Waals surface area contributed by atoms with Gasteiger partial charge in [-0.15, -0.1) is 0 Å². The molecule has 1 aliphatic heterocycles. The molecule has 25 heavy (non-hydrogen) atoms. The van der Waals surface area contributed by atoms with Gasteiger partial charge in [0.2, 0.25) is 0 Å². The van der Waals surface area contributed by atoms with Crippen LogP contribution >= 0.6 is 0 Å². The number of halogens is 2. The van der Waals surface area contributed by atoms with Gasteiger partial charge < -0.3 is 24.8 Å². The molecule has 0 amide bonds. The fourth-order valence-electron chi connectivity index (χ4n) is 4.43. The Hall–Kier alpha value is 0.494. The van der Waals surface area contributed by atoms with E-state index in [1.165, 1.54) is 5.69 Å². The molecule has 1 aromatic heterocycles. The van der Waals surface area contributed by atoms with Crippen molar-refractivity contribution in [3.8, 4) is 0 Å². The molecule has 0 aromatic carbocycles. The average Bonchev–Trinajstić information content (AvgIpc) is 2.86. The molecule has 1 aromatic rings. The molecular weight excluding hydrogens is 393 g/mol. The van der Waals surface area contributed by atoms with Gasteiger partial charge in [-0.2, -0.15) is 0 Å². The van der Waals surface area contributed by atoms with Gasteiger partial charge in [0, 0.05) is 0 Å². The second kappa shape index (κ2) is 7.49. The zero-order valence-electron chi connectivity index (χ0n) is 16.9. The molecule has 3 nitrogen and oxygen atoms in total. The first-order chi connectivity index (χ1) is 10.2. The van der Waals surface area contributed by atoms with Gasteiger partial charge in [0.15, 0.2) is 0 Å². The standard InChI is InChI=1S/C19H33N.2ClH.2H2O.Ti/c1-14(18(3,4)5)12-16(17-10-9-11-20-17)13-15(2)19(6,7)8;;;;;/h9-11,16,20H,12-13H2,1-8H3;2*1H;2*1H2;/q;;;;;+4/p-4. The van der Waals surface area contributed by atoms with E-state index in [0.29, 0.717) is 5.92 Å². The van der Waals surface area contributed by atoms with E-state index >= 15 is 0 Å². The Kier molecular flexibility index (Phi) is 7.64. The molecule has 0 radical (unpaired) electrons. The van der Waals surface area contributed by atoms with E-state index in [1.54, 1.807) is 0 Å². The van der Waals surface area contributed by atoms with Gasteiger partial charge >= 0.3 is 146 Å². The second-order valence-corrected chi connectivity index (χ2v) is 15.6. The number of hydrogen-bond donors (Lipinski definition) is 3. The van der Waals surface area contributed by atoms with Crippen molar-refractivity contribution in [2.75, 3.05) is 0 Å². The summed E-state index contributed by atoms with van der Waals surface area (Å²) in [5.74, 6) is 0.344. The maximum absolute atomic E-state index is 11.6. The van der Waals surface area contributed by atoms with E-state index in [1.807, 2.05) is 12.3 Å². The van der Waals surface area contributed by atoms with Gasteiger partial charge in [-0.1, -0.05) is 0 Å². The van der Waals surface area contributed by atoms with E-state index in [4.69, 9.17) is 0 Å². The first-order valence-corrected chi connectivity index (χ1v) is 11.7. The molecule has 2 rings (SSSR count). The molecule has 0 aliphatic carbocycles. The third kappa shape index (κ3) is 3.75. The fraction of sp³-hybridized carbons (Fsp3) is 0.789. The van der Waals surface area contributed by atoms with E-state index in [2.05, 4.69) is 66.4 Å². The van der Waals surface area contributed by atoms with Crippen LogP contribution < -0.4 is 24.8 Å². The Morgan fingerprint density at radius 3 is 1.64 bits per heavy atom. The van der Waals surface area contributed by atoms with Gasteiger partial charge in [-0.3, -0.25) is 0 Å². The van der Waals surface area contributed by atoms with Crippen LogP contribution in [0.5, 0.6) is 0 Å². The van der Waals surface area contributed by atoms with E-state index in [-0.39, 0.29) is 35.6 Å². The number of nitrogens with one attached hydrogen (secondary N) is 1. The van der Waals surface area contributed by atoms with Crippen molar-refractivity contribution >= 4 is 0 Å². The molecule has 0 spiro atoms. The Morgan fingerprint density at radius 1 is 0.960 bits per heavy atom. The Morgan fingerprint density at radius 2 is 1.36 bits per heavy atom. The van der Waals surface area contributed by atoms with Crippen LogP contribution in [0.15, 0.2) is 18.3 Å². The maximum Gasteiger partial charge on any atom is -1.00 e. The molecule has 146 valence electrons. The summed E-state index contributed by atoms with van der Waals surface area (Å²) in [5, 5.41) is 0. The van der Waals surface area contributed by atoms with Gasteiger partial charge in [-0.25, -0.2) is 0 Å². The Bertz CT molecular complexity index is 531.